The number of benzene rings is 2. The second kappa shape index (κ2) is 10.7. The molecule has 2 aromatic rings. The molecule has 1 atom stereocenters. The van der Waals surface area contributed by atoms with Crippen LogP contribution in [0, 0.1) is 0 Å². The molecule has 0 radical (unpaired) electrons. The summed E-state index contributed by atoms with van der Waals surface area (Å²) in [7, 11) is 4.91. The van der Waals surface area contributed by atoms with Gasteiger partial charge in [0.25, 0.3) is 0 Å². The van der Waals surface area contributed by atoms with E-state index >= 15 is 0 Å². The van der Waals surface area contributed by atoms with Gasteiger partial charge in [-0.05, 0) is 86.9 Å². The second-order valence-corrected chi connectivity index (χ2v) is 9.77. The van der Waals surface area contributed by atoms with E-state index in [1.165, 1.54) is 16.7 Å². The third kappa shape index (κ3) is 4.81. The maximum atomic E-state index is 12.1. The van der Waals surface area contributed by atoms with Crippen molar-refractivity contribution in [2.45, 2.75) is 59.4 Å². The summed E-state index contributed by atoms with van der Waals surface area (Å²) in [6, 6.07) is 6.20. The van der Waals surface area contributed by atoms with Gasteiger partial charge in [0.2, 0.25) is 11.7 Å². The lowest BCUT2D eigenvalue weighted by atomic mass is 9.89. The lowest BCUT2D eigenvalue weighted by Crippen LogP contribution is -2.26. The van der Waals surface area contributed by atoms with Crippen molar-refractivity contribution in [1.82, 2.24) is 5.32 Å². The highest BCUT2D eigenvalue weighted by Crippen LogP contribution is 2.52. The molecule has 1 aliphatic carbocycles. The van der Waals surface area contributed by atoms with E-state index in [0.29, 0.717) is 23.9 Å². The van der Waals surface area contributed by atoms with E-state index in [2.05, 4.69) is 44.3 Å². The summed E-state index contributed by atoms with van der Waals surface area (Å²) >= 11 is 0. The lowest BCUT2D eigenvalue weighted by molar-refractivity contribution is -0.119. The van der Waals surface area contributed by atoms with E-state index in [9.17, 15) is 4.79 Å². The standard InChI is InChI=1S/C30H37NO5/c1-17(2)9-8-10-18(3)24-16-36-26-15-21-23(14-22(24)26)28-20(11-12-25(21)31-19(4)32)13-27(33-5)29(34-6)30(28)35-7/h9,13-15,25H,8,10-12,16H2,1-7H3,(H,31,32)/b24-18-/t25-/m0/s1. The third-order valence-corrected chi connectivity index (χ3v) is 7.07. The Kier molecular flexibility index (Phi) is 7.62. The molecule has 36 heavy (non-hydrogen) atoms. The monoisotopic (exact) mass is 491 g/mol. The number of carbonyl (C=O) groups excluding carboxylic acids is 1. The van der Waals surface area contributed by atoms with Crippen molar-refractivity contribution >= 4 is 11.5 Å². The zero-order valence-corrected chi connectivity index (χ0v) is 22.5. The van der Waals surface area contributed by atoms with Gasteiger partial charge in [-0.25, -0.2) is 0 Å². The van der Waals surface area contributed by atoms with Gasteiger partial charge in [0.05, 0.1) is 27.4 Å². The zero-order chi connectivity index (χ0) is 26.0. The van der Waals surface area contributed by atoms with Crippen molar-refractivity contribution in [3.05, 3.63) is 52.1 Å². The maximum Gasteiger partial charge on any atom is 0.217 e. The fourth-order valence-corrected chi connectivity index (χ4v) is 5.31. The molecule has 0 bridgehead atoms. The summed E-state index contributed by atoms with van der Waals surface area (Å²) in [4.78, 5) is 12.1. The van der Waals surface area contributed by atoms with Crippen LogP contribution < -0.4 is 24.3 Å². The Labute approximate surface area is 214 Å². The summed E-state index contributed by atoms with van der Waals surface area (Å²) < 4.78 is 23.5. The average molecular weight is 492 g/mol. The Balaban J connectivity index is 1.94. The molecule has 4 rings (SSSR count). The molecule has 0 saturated heterocycles. The maximum absolute atomic E-state index is 12.1. The number of aryl methyl sites for hydroxylation is 1. The molecule has 0 fully saturated rings. The number of amides is 1. The molecule has 6 nitrogen and oxygen atoms in total. The van der Waals surface area contributed by atoms with Crippen LogP contribution in [0.15, 0.2) is 35.4 Å². The van der Waals surface area contributed by atoms with Gasteiger partial charge in [-0.1, -0.05) is 17.2 Å². The van der Waals surface area contributed by atoms with Crippen molar-refractivity contribution < 1.29 is 23.7 Å². The van der Waals surface area contributed by atoms with Crippen LogP contribution in [0.2, 0.25) is 0 Å². The first-order valence-corrected chi connectivity index (χ1v) is 12.5. The smallest absolute Gasteiger partial charge is 0.217 e. The molecule has 1 amide bonds. The van der Waals surface area contributed by atoms with Gasteiger partial charge < -0.3 is 24.3 Å². The van der Waals surface area contributed by atoms with E-state index in [-0.39, 0.29) is 11.9 Å². The average Bonchev–Trinajstić information content (AvgIpc) is 3.20. The molecule has 2 aliphatic rings. The minimum atomic E-state index is -0.146. The summed E-state index contributed by atoms with van der Waals surface area (Å²) in [5, 5.41) is 3.15. The summed E-state index contributed by atoms with van der Waals surface area (Å²) in [6.07, 6.45) is 5.77. The first-order chi connectivity index (χ1) is 17.3. The van der Waals surface area contributed by atoms with Crippen LogP contribution in [0.4, 0.5) is 0 Å². The van der Waals surface area contributed by atoms with E-state index in [1.54, 1.807) is 28.3 Å². The van der Waals surface area contributed by atoms with Crippen LogP contribution in [0.1, 0.15) is 69.7 Å². The zero-order valence-electron chi connectivity index (χ0n) is 22.5. The lowest BCUT2D eigenvalue weighted by Gasteiger charge is -2.22. The third-order valence-electron chi connectivity index (χ3n) is 7.07. The fraction of sp³-hybridized carbons (Fsp3) is 0.433. The summed E-state index contributed by atoms with van der Waals surface area (Å²) in [5.41, 5.74) is 9.13. The molecular weight excluding hydrogens is 454 g/mol. The van der Waals surface area contributed by atoms with Gasteiger partial charge in [-0.2, -0.15) is 0 Å². The van der Waals surface area contributed by atoms with Crippen LogP contribution in [0.5, 0.6) is 23.0 Å². The molecule has 192 valence electrons. The fourth-order valence-electron chi connectivity index (χ4n) is 5.31. The number of nitrogens with one attached hydrogen (secondary N) is 1. The van der Waals surface area contributed by atoms with Crippen LogP contribution in [-0.4, -0.2) is 33.8 Å². The number of rotatable bonds is 7. The topological polar surface area (TPSA) is 66.0 Å². The molecule has 1 N–H and O–H groups in total. The van der Waals surface area contributed by atoms with Crippen LogP contribution >= 0.6 is 0 Å². The predicted molar refractivity (Wildman–Crippen MR) is 143 cm³/mol. The summed E-state index contributed by atoms with van der Waals surface area (Å²) in [6.45, 7) is 8.57. The highest BCUT2D eigenvalue weighted by atomic mass is 16.5. The Hall–Kier alpha value is -3.41. The Bertz CT molecular complexity index is 1240. The Morgan fingerprint density at radius 3 is 2.42 bits per heavy atom. The molecule has 2 aromatic carbocycles. The van der Waals surface area contributed by atoms with Crippen molar-refractivity contribution in [1.29, 1.82) is 0 Å². The number of carbonyl (C=O) groups is 1. The molecule has 0 unspecified atom stereocenters. The first kappa shape index (κ1) is 25.7. The normalized spacial score (nSPS) is 17.0. The van der Waals surface area contributed by atoms with Gasteiger partial charge in [0.1, 0.15) is 12.4 Å². The van der Waals surface area contributed by atoms with E-state index in [1.807, 2.05) is 6.07 Å². The van der Waals surface area contributed by atoms with Crippen molar-refractivity contribution in [2.75, 3.05) is 27.9 Å². The highest BCUT2D eigenvalue weighted by Gasteiger charge is 2.32. The van der Waals surface area contributed by atoms with Crippen molar-refractivity contribution in [3.8, 4) is 34.1 Å². The van der Waals surface area contributed by atoms with Gasteiger partial charge in [-0.15, -0.1) is 0 Å². The largest absolute Gasteiger partial charge is 0.493 e. The van der Waals surface area contributed by atoms with E-state index in [4.69, 9.17) is 18.9 Å². The number of hydrogen-bond donors (Lipinski definition) is 1. The van der Waals surface area contributed by atoms with Gasteiger partial charge in [0, 0.05) is 18.1 Å². The highest BCUT2D eigenvalue weighted by molar-refractivity contribution is 5.88. The van der Waals surface area contributed by atoms with Crippen molar-refractivity contribution in [3.63, 3.8) is 0 Å². The number of hydrogen-bond acceptors (Lipinski definition) is 5. The van der Waals surface area contributed by atoms with Crippen molar-refractivity contribution in [2.24, 2.45) is 0 Å². The number of allylic oxidation sites excluding steroid dienone is 3. The van der Waals surface area contributed by atoms with Gasteiger partial charge in [0.15, 0.2) is 11.5 Å². The summed E-state index contributed by atoms with van der Waals surface area (Å²) in [5.74, 6) is 2.64. The molecule has 6 heteroatoms. The number of methoxy groups -OCH3 is 3. The van der Waals surface area contributed by atoms with Crippen LogP contribution in [0.25, 0.3) is 16.7 Å². The minimum absolute atomic E-state index is 0.0591. The quantitative estimate of drug-likeness (QED) is 0.453. The second-order valence-electron chi connectivity index (χ2n) is 9.77. The molecule has 1 heterocycles. The first-order valence-electron chi connectivity index (χ1n) is 12.5. The number of ether oxygens (including phenoxy) is 4. The Morgan fingerprint density at radius 1 is 1.03 bits per heavy atom. The van der Waals surface area contributed by atoms with E-state index < -0.39 is 0 Å². The van der Waals surface area contributed by atoms with Gasteiger partial charge in [-0.3, -0.25) is 4.79 Å². The molecule has 0 saturated carbocycles. The van der Waals surface area contributed by atoms with Crippen LogP contribution in [-0.2, 0) is 11.2 Å². The molecular formula is C30H37NO5. The predicted octanol–water partition coefficient (Wildman–Crippen LogP) is 6.42. The van der Waals surface area contributed by atoms with E-state index in [0.717, 1.165) is 59.3 Å². The molecule has 0 spiro atoms. The Morgan fingerprint density at radius 2 is 1.78 bits per heavy atom. The van der Waals surface area contributed by atoms with Gasteiger partial charge >= 0.3 is 0 Å². The SMILES string of the molecule is COc1cc2c(c(OC)c1OC)-c1cc3c(cc1[C@@H](NC(C)=O)CC2)OC/C3=C(\C)CCC=C(C)C. The van der Waals surface area contributed by atoms with Crippen LogP contribution in [0.3, 0.4) is 0 Å². The minimum Gasteiger partial charge on any atom is -0.493 e. The molecule has 1 aliphatic heterocycles. The molecule has 0 aromatic heterocycles. The number of fused-ring (bicyclic) bond motifs is 4.